The van der Waals surface area contributed by atoms with Gasteiger partial charge in [0, 0.05) is 18.5 Å². The highest BCUT2D eigenvalue weighted by Crippen LogP contribution is 2.18. The van der Waals surface area contributed by atoms with E-state index in [9.17, 15) is 4.79 Å². The number of aryl methyl sites for hydroxylation is 1. The zero-order chi connectivity index (χ0) is 16.8. The van der Waals surface area contributed by atoms with Crippen molar-refractivity contribution in [2.45, 2.75) is 33.4 Å². The quantitative estimate of drug-likeness (QED) is 0.446. The fourth-order valence-electron chi connectivity index (χ4n) is 2.39. The van der Waals surface area contributed by atoms with Crippen LogP contribution >= 0.6 is 0 Å². The predicted molar refractivity (Wildman–Crippen MR) is 91.0 cm³/mol. The lowest BCUT2D eigenvalue weighted by Crippen LogP contribution is -2.11. The number of carbonyl (C=O) groups excluding carboxylic acids is 1. The Hall–Kier alpha value is -2.62. The second-order valence-corrected chi connectivity index (χ2v) is 5.47. The standard InChI is InChI=1S/C19H22N2O2/c1-5-11-21-15(4)20-17(12-16-9-7-6-8-10-16)18(21)13-23-19(22)14(2)3/h5-10H,1-2,11-13H2,3-4H3. The molecule has 23 heavy (non-hydrogen) atoms. The summed E-state index contributed by atoms with van der Waals surface area (Å²) in [6.07, 6.45) is 2.51. The first-order valence-electron chi connectivity index (χ1n) is 7.55. The number of carbonyl (C=O) groups is 1. The fourth-order valence-corrected chi connectivity index (χ4v) is 2.39. The molecule has 2 rings (SSSR count). The van der Waals surface area contributed by atoms with E-state index in [1.165, 1.54) is 5.56 Å². The minimum atomic E-state index is -0.389. The van der Waals surface area contributed by atoms with Crippen LogP contribution < -0.4 is 0 Å². The molecule has 2 aromatic rings. The number of hydrogen-bond acceptors (Lipinski definition) is 3. The summed E-state index contributed by atoms with van der Waals surface area (Å²) in [5, 5.41) is 0. The monoisotopic (exact) mass is 310 g/mol. The Morgan fingerprint density at radius 1 is 1.35 bits per heavy atom. The van der Waals surface area contributed by atoms with E-state index >= 15 is 0 Å². The lowest BCUT2D eigenvalue weighted by atomic mass is 10.1. The van der Waals surface area contributed by atoms with Crippen molar-refractivity contribution in [1.29, 1.82) is 0 Å². The van der Waals surface area contributed by atoms with Gasteiger partial charge >= 0.3 is 5.97 Å². The molecule has 0 radical (unpaired) electrons. The summed E-state index contributed by atoms with van der Waals surface area (Å²) in [6.45, 7) is 11.8. The number of nitrogens with zero attached hydrogens (tertiary/aromatic N) is 2. The third-order valence-corrected chi connectivity index (χ3v) is 3.56. The molecule has 0 bridgehead atoms. The third-order valence-electron chi connectivity index (χ3n) is 3.56. The SMILES string of the molecule is C=CCn1c(C)nc(Cc2ccccc2)c1COC(=O)C(=C)C. The van der Waals surface area contributed by atoms with E-state index in [0.29, 0.717) is 18.5 Å². The summed E-state index contributed by atoms with van der Waals surface area (Å²) < 4.78 is 7.36. The molecule has 1 aromatic carbocycles. The van der Waals surface area contributed by atoms with E-state index in [4.69, 9.17) is 4.74 Å². The number of esters is 1. The van der Waals surface area contributed by atoms with E-state index in [1.54, 1.807) is 6.92 Å². The molecule has 1 heterocycles. The van der Waals surface area contributed by atoms with Crippen molar-refractivity contribution < 1.29 is 9.53 Å². The second-order valence-electron chi connectivity index (χ2n) is 5.47. The maximum Gasteiger partial charge on any atom is 0.333 e. The molecular weight excluding hydrogens is 288 g/mol. The van der Waals surface area contributed by atoms with Crippen LogP contribution in [0.1, 0.15) is 29.7 Å². The predicted octanol–water partition coefficient (Wildman–Crippen LogP) is 3.59. The number of rotatable bonds is 7. The molecule has 0 fully saturated rings. The van der Waals surface area contributed by atoms with Gasteiger partial charge in [-0.1, -0.05) is 43.0 Å². The van der Waals surface area contributed by atoms with E-state index in [1.807, 2.05) is 35.8 Å². The number of imidazole rings is 1. The summed E-state index contributed by atoms with van der Waals surface area (Å²) in [5.74, 6) is 0.497. The van der Waals surface area contributed by atoms with E-state index in [0.717, 1.165) is 17.2 Å². The first kappa shape index (κ1) is 16.7. The van der Waals surface area contributed by atoms with Gasteiger partial charge in [0.05, 0.1) is 11.4 Å². The first-order chi connectivity index (χ1) is 11.0. The van der Waals surface area contributed by atoms with Crippen LogP contribution in [0.4, 0.5) is 0 Å². The largest absolute Gasteiger partial charge is 0.456 e. The number of benzene rings is 1. The topological polar surface area (TPSA) is 44.1 Å². The van der Waals surface area contributed by atoms with E-state index in [2.05, 4.69) is 30.3 Å². The summed E-state index contributed by atoms with van der Waals surface area (Å²) in [7, 11) is 0. The van der Waals surface area contributed by atoms with Crippen LogP contribution in [0.25, 0.3) is 0 Å². The maximum atomic E-state index is 11.7. The Kier molecular flexibility index (Phi) is 5.52. The Labute approximate surface area is 137 Å². The van der Waals surface area contributed by atoms with Gasteiger partial charge in [0.1, 0.15) is 12.4 Å². The van der Waals surface area contributed by atoms with Crippen molar-refractivity contribution in [3.05, 3.63) is 77.9 Å². The lowest BCUT2D eigenvalue weighted by molar-refractivity contribution is -0.140. The van der Waals surface area contributed by atoms with Crippen LogP contribution in [0.2, 0.25) is 0 Å². The van der Waals surface area contributed by atoms with Gasteiger partial charge in [-0.2, -0.15) is 0 Å². The zero-order valence-electron chi connectivity index (χ0n) is 13.7. The molecule has 1 aromatic heterocycles. The molecule has 4 heteroatoms. The fraction of sp³-hybridized carbons (Fsp3) is 0.263. The Morgan fingerprint density at radius 3 is 2.65 bits per heavy atom. The van der Waals surface area contributed by atoms with Crippen LogP contribution in [-0.4, -0.2) is 15.5 Å². The summed E-state index contributed by atoms with van der Waals surface area (Å²) in [5.41, 5.74) is 3.38. The molecule has 0 atom stereocenters. The van der Waals surface area contributed by atoms with Crippen LogP contribution in [0.5, 0.6) is 0 Å². The zero-order valence-corrected chi connectivity index (χ0v) is 13.7. The number of ether oxygens (including phenoxy) is 1. The van der Waals surface area contributed by atoms with Crippen LogP contribution in [0.3, 0.4) is 0 Å². The molecular formula is C19H22N2O2. The van der Waals surface area contributed by atoms with Gasteiger partial charge < -0.3 is 9.30 Å². The molecule has 0 saturated carbocycles. The Morgan fingerprint density at radius 2 is 2.04 bits per heavy atom. The molecule has 0 spiro atoms. The molecule has 0 aliphatic heterocycles. The normalized spacial score (nSPS) is 10.3. The van der Waals surface area contributed by atoms with Gasteiger partial charge in [0.25, 0.3) is 0 Å². The second kappa shape index (κ2) is 7.58. The third kappa shape index (κ3) is 4.19. The van der Waals surface area contributed by atoms with Gasteiger partial charge in [-0.25, -0.2) is 9.78 Å². The Bertz CT molecular complexity index is 714. The molecule has 0 N–H and O–H groups in total. The maximum absolute atomic E-state index is 11.7. The van der Waals surface area contributed by atoms with Crippen LogP contribution in [0.15, 0.2) is 55.1 Å². The van der Waals surface area contributed by atoms with E-state index < -0.39 is 0 Å². The average Bonchev–Trinajstić information content (AvgIpc) is 2.81. The van der Waals surface area contributed by atoms with Crippen molar-refractivity contribution in [3.8, 4) is 0 Å². The van der Waals surface area contributed by atoms with Crippen molar-refractivity contribution >= 4 is 5.97 Å². The highest BCUT2D eigenvalue weighted by Gasteiger charge is 2.16. The number of aromatic nitrogens is 2. The van der Waals surface area contributed by atoms with Crippen LogP contribution in [-0.2, 0) is 29.1 Å². The lowest BCUT2D eigenvalue weighted by Gasteiger charge is -2.10. The van der Waals surface area contributed by atoms with Gasteiger partial charge in [-0.15, -0.1) is 6.58 Å². The summed E-state index contributed by atoms with van der Waals surface area (Å²) >= 11 is 0. The highest BCUT2D eigenvalue weighted by atomic mass is 16.5. The van der Waals surface area contributed by atoms with E-state index in [-0.39, 0.29) is 12.6 Å². The van der Waals surface area contributed by atoms with Crippen LogP contribution in [0, 0.1) is 6.92 Å². The van der Waals surface area contributed by atoms with Crippen molar-refractivity contribution in [2.24, 2.45) is 0 Å². The minimum absolute atomic E-state index is 0.183. The number of allylic oxidation sites excluding steroid dienone is 1. The van der Waals surface area contributed by atoms with Crippen molar-refractivity contribution in [3.63, 3.8) is 0 Å². The molecule has 120 valence electrons. The van der Waals surface area contributed by atoms with Gasteiger partial charge in [-0.05, 0) is 19.4 Å². The molecule has 0 amide bonds. The average molecular weight is 310 g/mol. The highest BCUT2D eigenvalue weighted by molar-refractivity contribution is 5.86. The first-order valence-corrected chi connectivity index (χ1v) is 7.55. The Balaban J connectivity index is 2.29. The van der Waals surface area contributed by atoms with Gasteiger partial charge in [0.2, 0.25) is 0 Å². The molecule has 0 aliphatic carbocycles. The smallest absolute Gasteiger partial charge is 0.333 e. The molecule has 4 nitrogen and oxygen atoms in total. The van der Waals surface area contributed by atoms with Gasteiger partial charge in [0.15, 0.2) is 0 Å². The summed E-state index contributed by atoms with van der Waals surface area (Å²) in [6, 6.07) is 10.1. The van der Waals surface area contributed by atoms with Gasteiger partial charge in [-0.3, -0.25) is 0 Å². The molecule has 0 aliphatic rings. The van der Waals surface area contributed by atoms with Crippen molar-refractivity contribution in [1.82, 2.24) is 9.55 Å². The number of hydrogen-bond donors (Lipinski definition) is 0. The minimum Gasteiger partial charge on any atom is -0.456 e. The molecule has 0 saturated heterocycles. The van der Waals surface area contributed by atoms with Crippen molar-refractivity contribution in [2.75, 3.05) is 0 Å². The summed E-state index contributed by atoms with van der Waals surface area (Å²) in [4.78, 5) is 16.3. The molecule has 0 unspecified atom stereocenters.